The molecule has 3 aromatic rings. The highest BCUT2D eigenvalue weighted by Gasteiger charge is 2.44. The molecule has 0 unspecified atom stereocenters. The molecular formula is C16H17N5O4S. The van der Waals surface area contributed by atoms with Crippen molar-refractivity contribution in [1.29, 1.82) is 0 Å². The second-order valence-electron chi connectivity index (χ2n) is 5.91. The first-order chi connectivity index (χ1) is 12.6. The summed E-state index contributed by atoms with van der Waals surface area (Å²) in [7, 11) is 0. The van der Waals surface area contributed by atoms with Crippen LogP contribution in [0.4, 0.5) is 5.82 Å². The summed E-state index contributed by atoms with van der Waals surface area (Å²) < 4.78 is 7.39. The standard InChI is InChI=1S/C16H17N5O4S/c17-14-11-15(19-6-18-14)21(7-20-11)16-13(24)12(23)9(25-16)5-26-10-4-2-1-3-8(10)22/h1-4,6-7,9,12-13,16,22-24H,5H2,(H2,17,18,19)/t9-,12-,13-,16-/m1/s1. The summed E-state index contributed by atoms with van der Waals surface area (Å²) in [6, 6.07) is 6.91. The third-order valence-corrected chi connectivity index (χ3v) is 5.42. The number of phenols is 1. The number of anilines is 1. The van der Waals surface area contributed by atoms with E-state index in [-0.39, 0.29) is 11.6 Å². The minimum Gasteiger partial charge on any atom is -0.507 e. The number of imidazole rings is 1. The number of nitrogens with two attached hydrogens (primary N) is 1. The molecule has 5 N–H and O–H groups in total. The molecule has 1 aliphatic heterocycles. The molecule has 0 radical (unpaired) electrons. The highest BCUT2D eigenvalue weighted by atomic mass is 32.2. The summed E-state index contributed by atoms with van der Waals surface area (Å²) in [6.07, 6.45) is -0.961. The SMILES string of the molecule is Nc1ncnc2c1ncn2[C@@H]1O[C@H](CSc2ccccc2O)[C@@H](O)[C@H]1O. The minimum atomic E-state index is -1.15. The van der Waals surface area contributed by atoms with E-state index in [9.17, 15) is 15.3 Å². The summed E-state index contributed by atoms with van der Waals surface area (Å²) in [4.78, 5) is 12.8. The molecule has 1 aromatic carbocycles. The molecule has 9 nitrogen and oxygen atoms in total. The number of aromatic hydroxyl groups is 1. The van der Waals surface area contributed by atoms with Gasteiger partial charge in [0.2, 0.25) is 0 Å². The summed E-state index contributed by atoms with van der Waals surface area (Å²) in [5.74, 6) is 0.749. The second-order valence-corrected chi connectivity index (χ2v) is 6.97. The molecule has 1 saturated heterocycles. The molecular weight excluding hydrogens is 358 g/mol. The van der Waals surface area contributed by atoms with Crippen molar-refractivity contribution in [2.45, 2.75) is 29.4 Å². The van der Waals surface area contributed by atoms with Crippen molar-refractivity contribution >= 4 is 28.7 Å². The summed E-state index contributed by atoms with van der Waals surface area (Å²) in [5.41, 5.74) is 6.60. The maximum Gasteiger partial charge on any atom is 0.167 e. The molecule has 3 heterocycles. The summed E-state index contributed by atoms with van der Waals surface area (Å²) in [5, 5.41) is 30.6. The predicted molar refractivity (Wildman–Crippen MR) is 94.5 cm³/mol. The van der Waals surface area contributed by atoms with Gasteiger partial charge in [-0.25, -0.2) is 15.0 Å². The van der Waals surface area contributed by atoms with Gasteiger partial charge in [0.05, 0.1) is 12.4 Å². The maximum atomic E-state index is 10.4. The summed E-state index contributed by atoms with van der Waals surface area (Å²) >= 11 is 1.34. The van der Waals surface area contributed by atoms with E-state index in [0.29, 0.717) is 21.8 Å². The van der Waals surface area contributed by atoms with Gasteiger partial charge in [-0.3, -0.25) is 4.57 Å². The van der Waals surface area contributed by atoms with E-state index in [4.69, 9.17) is 10.5 Å². The van der Waals surface area contributed by atoms with E-state index >= 15 is 0 Å². The molecule has 0 saturated carbocycles. The number of benzene rings is 1. The number of aliphatic hydroxyl groups excluding tert-OH is 2. The number of thioether (sulfide) groups is 1. The lowest BCUT2D eigenvalue weighted by atomic mass is 10.1. The Hall–Kier alpha value is -2.40. The van der Waals surface area contributed by atoms with Crippen LogP contribution in [0.2, 0.25) is 0 Å². The van der Waals surface area contributed by atoms with Gasteiger partial charge in [0, 0.05) is 10.6 Å². The lowest BCUT2D eigenvalue weighted by molar-refractivity contribution is -0.0289. The molecule has 10 heteroatoms. The topological polar surface area (TPSA) is 140 Å². The lowest BCUT2D eigenvalue weighted by Crippen LogP contribution is -2.32. The first-order valence-corrected chi connectivity index (χ1v) is 8.90. The maximum absolute atomic E-state index is 10.4. The first kappa shape index (κ1) is 17.0. The Morgan fingerprint density at radius 1 is 1.15 bits per heavy atom. The zero-order valence-electron chi connectivity index (χ0n) is 13.5. The van der Waals surface area contributed by atoms with Gasteiger partial charge < -0.3 is 25.8 Å². The Morgan fingerprint density at radius 2 is 1.96 bits per heavy atom. The van der Waals surface area contributed by atoms with Crippen LogP contribution < -0.4 is 5.73 Å². The van der Waals surface area contributed by atoms with Gasteiger partial charge in [0.25, 0.3) is 0 Å². The molecule has 0 spiro atoms. The van der Waals surface area contributed by atoms with Crippen LogP contribution in [0.5, 0.6) is 5.75 Å². The zero-order valence-corrected chi connectivity index (χ0v) is 14.3. The van der Waals surface area contributed by atoms with Crippen molar-refractivity contribution in [2.75, 3.05) is 11.5 Å². The largest absolute Gasteiger partial charge is 0.507 e. The number of aliphatic hydroxyl groups is 2. The van der Waals surface area contributed by atoms with Crippen molar-refractivity contribution < 1.29 is 20.1 Å². The van der Waals surface area contributed by atoms with Crippen molar-refractivity contribution in [3.63, 3.8) is 0 Å². The van der Waals surface area contributed by atoms with Gasteiger partial charge in [-0.2, -0.15) is 0 Å². The van der Waals surface area contributed by atoms with Crippen molar-refractivity contribution in [3.05, 3.63) is 36.9 Å². The minimum absolute atomic E-state index is 0.162. The number of para-hydroxylation sites is 1. The number of ether oxygens (including phenoxy) is 1. The van der Waals surface area contributed by atoms with Crippen LogP contribution in [0.15, 0.2) is 41.8 Å². The monoisotopic (exact) mass is 375 g/mol. The number of nitrogen functional groups attached to an aromatic ring is 1. The average Bonchev–Trinajstić information content (AvgIpc) is 3.18. The van der Waals surface area contributed by atoms with E-state index in [1.807, 2.05) is 6.07 Å². The smallest absolute Gasteiger partial charge is 0.167 e. The van der Waals surface area contributed by atoms with E-state index in [0.717, 1.165) is 0 Å². The number of aromatic nitrogens is 4. The highest BCUT2D eigenvalue weighted by molar-refractivity contribution is 7.99. The van der Waals surface area contributed by atoms with Crippen molar-refractivity contribution in [3.8, 4) is 5.75 Å². The van der Waals surface area contributed by atoms with Gasteiger partial charge in [-0.15, -0.1) is 11.8 Å². The Labute approximate surface area is 152 Å². The number of rotatable bonds is 4. The van der Waals surface area contributed by atoms with Crippen molar-refractivity contribution in [1.82, 2.24) is 19.5 Å². The predicted octanol–water partition coefficient (Wildman–Crippen LogP) is 0.526. The quantitative estimate of drug-likeness (QED) is 0.481. The lowest BCUT2D eigenvalue weighted by Gasteiger charge is -2.16. The van der Waals surface area contributed by atoms with E-state index in [1.165, 1.54) is 29.0 Å². The van der Waals surface area contributed by atoms with Crippen LogP contribution in [-0.4, -0.2) is 58.9 Å². The Bertz CT molecular complexity index is 936. The Balaban J connectivity index is 1.54. The molecule has 0 bridgehead atoms. The fraction of sp³-hybridized carbons (Fsp3) is 0.312. The average molecular weight is 375 g/mol. The number of fused-ring (bicyclic) bond motifs is 1. The third kappa shape index (κ3) is 2.86. The van der Waals surface area contributed by atoms with E-state index in [1.54, 1.807) is 18.2 Å². The van der Waals surface area contributed by atoms with Gasteiger partial charge in [-0.05, 0) is 12.1 Å². The van der Waals surface area contributed by atoms with Gasteiger partial charge in [0.1, 0.15) is 29.8 Å². The molecule has 4 atom stereocenters. The van der Waals surface area contributed by atoms with Gasteiger partial charge in [-0.1, -0.05) is 12.1 Å². The summed E-state index contributed by atoms with van der Waals surface area (Å²) in [6.45, 7) is 0. The van der Waals surface area contributed by atoms with Crippen LogP contribution in [0, 0.1) is 0 Å². The number of nitrogens with zero attached hydrogens (tertiary/aromatic N) is 4. The number of hydrogen-bond acceptors (Lipinski definition) is 9. The van der Waals surface area contributed by atoms with Crippen LogP contribution in [0.3, 0.4) is 0 Å². The second kappa shape index (κ2) is 6.72. The van der Waals surface area contributed by atoms with E-state index in [2.05, 4.69) is 15.0 Å². The first-order valence-electron chi connectivity index (χ1n) is 7.91. The molecule has 1 fully saturated rings. The van der Waals surface area contributed by atoms with Crippen molar-refractivity contribution in [2.24, 2.45) is 0 Å². The Morgan fingerprint density at radius 3 is 2.77 bits per heavy atom. The highest BCUT2D eigenvalue weighted by Crippen LogP contribution is 2.36. The fourth-order valence-electron chi connectivity index (χ4n) is 2.90. The van der Waals surface area contributed by atoms with Crippen LogP contribution in [-0.2, 0) is 4.74 Å². The fourth-order valence-corrected chi connectivity index (χ4v) is 3.91. The molecule has 0 aliphatic carbocycles. The molecule has 1 aliphatic rings. The number of phenolic OH excluding ortho intramolecular Hbond substituents is 1. The zero-order chi connectivity index (χ0) is 18.3. The Kier molecular flexibility index (Phi) is 4.41. The molecule has 2 aromatic heterocycles. The van der Waals surface area contributed by atoms with Crippen LogP contribution >= 0.6 is 11.8 Å². The van der Waals surface area contributed by atoms with Crippen LogP contribution in [0.25, 0.3) is 11.2 Å². The van der Waals surface area contributed by atoms with Gasteiger partial charge >= 0.3 is 0 Å². The number of hydrogen-bond donors (Lipinski definition) is 4. The molecule has 136 valence electrons. The normalized spacial score (nSPS) is 25.8. The third-order valence-electron chi connectivity index (χ3n) is 4.27. The van der Waals surface area contributed by atoms with Crippen LogP contribution in [0.1, 0.15) is 6.23 Å². The molecule has 4 rings (SSSR count). The molecule has 26 heavy (non-hydrogen) atoms. The molecule has 0 amide bonds. The van der Waals surface area contributed by atoms with E-state index < -0.39 is 24.5 Å². The van der Waals surface area contributed by atoms with Gasteiger partial charge in [0.15, 0.2) is 17.7 Å².